The number of ether oxygens (including phenoxy) is 1. The van der Waals surface area contributed by atoms with Crippen molar-refractivity contribution in [1.29, 1.82) is 0 Å². The van der Waals surface area contributed by atoms with Gasteiger partial charge in [0, 0.05) is 18.2 Å². The van der Waals surface area contributed by atoms with Crippen molar-refractivity contribution in [3.63, 3.8) is 0 Å². The third-order valence-electron chi connectivity index (χ3n) is 3.85. The second-order valence-electron chi connectivity index (χ2n) is 6.04. The largest absolute Gasteiger partial charge is 0.489 e. The van der Waals surface area contributed by atoms with Crippen molar-refractivity contribution in [2.45, 2.75) is 45.9 Å². The number of nitrogens with one attached hydrogen (secondary N) is 1. The predicted molar refractivity (Wildman–Crippen MR) is 86.6 cm³/mol. The summed E-state index contributed by atoms with van der Waals surface area (Å²) in [6.07, 6.45) is 2.62. The van der Waals surface area contributed by atoms with E-state index in [9.17, 15) is 0 Å². The minimum absolute atomic E-state index is 0.626. The molecule has 3 rings (SSSR count). The van der Waals surface area contributed by atoms with Gasteiger partial charge in [-0.05, 0) is 38.3 Å². The van der Waals surface area contributed by atoms with Gasteiger partial charge in [-0.2, -0.15) is 0 Å². The summed E-state index contributed by atoms with van der Waals surface area (Å²) < 4.78 is 6.05. The van der Waals surface area contributed by atoms with Gasteiger partial charge in [0.15, 0.2) is 0 Å². The Bertz CT molecular complexity index is 617. The molecule has 21 heavy (non-hydrogen) atoms. The van der Waals surface area contributed by atoms with E-state index in [2.05, 4.69) is 61.6 Å². The van der Waals surface area contributed by atoms with Crippen molar-refractivity contribution < 1.29 is 4.74 Å². The average molecular weight is 281 g/mol. The molecule has 1 aliphatic carbocycles. The van der Waals surface area contributed by atoms with Crippen LogP contribution in [-0.4, -0.2) is 6.04 Å². The van der Waals surface area contributed by atoms with Crippen LogP contribution in [-0.2, 0) is 13.2 Å². The molecule has 1 N–H and O–H groups in total. The summed E-state index contributed by atoms with van der Waals surface area (Å²) in [7, 11) is 0. The lowest BCUT2D eigenvalue weighted by Crippen LogP contribution is -2.16. The zero-order valence-electron chi connectivity index (χ0n) is 12.9. The van der Waals surface area contributed by atoms with Crippen LogP contribution in [0.3, 0.4) is 0 Å². The highest BCUT2D eigenvalue weighted by Gasteiger charge is 2.20. The van der Waals surface area contributed by atoms with Crippen LogP contribution in [0.4, 0.5) is 0 Å². The van der Waals surface area contributed by atoms with Crippen LogP contribution in [0.2, 0.25) is 0 Å². The van der Waals surface area contributed by atoms with E-state index < -0.39 is 0 Å². The van der Waals surface area contributed by atoms with Crippen LogP contribution in [0.25, 0.3) is 0 Å². The van der Waals surface area contributed by atoms with Gasteiger partial charge in [-0.3, -0.25) is 0 Å². The van der Waals surface area contributed by atoms with Gasteiger partial charge in [-0.15, -0.1) is 0 Å². The second-order valence-corrected chi connectivity index (χ2v) is 6.04. The van der Waals surface area contributed by atoms with E-state index in [0.29, 0.717) is 6.61 Å². The second kappa shape index (κ2) is 6.31. The van der Waals surface area contributed by atoms with Gasteiger partial charge in [0.1, 0.15) is 12.4 Å². The van der Waals surface area contributed by atoms with Crippen LogP contribution in [0, 0.1) is 13.8 Å². The van der Waals surface area contributed by atoms with E-state index in [1.807, 2.05) is 0 Å². The Morgan fingerprint density at radius 3 is 2.62 bits per heavy atom. The number of benzene rings is 2. The lowest BCUT2D eigenvalue weighted by molar-refractivity contribution is 0.302. The van der Waals surface area contributed by atoms with Gasteiger partial charge >= 0.3 is 0 Å². The standard InChI is InChI=1S/C19H23NO/c1-14-4-3-5-16(10-14)13-21-19-9-6-15(2)11-17(19)12-20-18-7-8-18/h3-6,9-11,18,20H,7-8,12-13H2,1-2H3. The molecule has 1 saturated carbocycles. The fourth-order valence-corrected chi connectivity index (χ4v) is 2.49. The molecule has 2 aromatic carbocycles. The van der Waals surface area contributed by atoms with Crippen molar-refractivity contribution in [3.05, 3.63) is 64.7 Å². The van der Waals surface area contributed by atoms with Gasteiger partial charge < -0.3 is 10.1 Å². The quantitative estimate of drug-likeness (QED) is 0.859. The Morgan fingerprint density at radius 2 is 1.86 bits per heavy atom. The zero-order chi connectivity index (χ0) is 14.7. The Balaban J connectivity index is 1.68. The Morgan fingerprint density at radius 1 is 1.05 bits per heavy atom. The molecule has 0 spiro atoms. The minimum atomic E-state index is 0.626. The average Bonchev–Trinajstić information content (AvgIpc) is 3.28. The van der Waals surface area contributed by atoms with Crippen molar-refractivity contribution in [3.8, 4) is 5.75 Å². The van der Waals surface area contributed by atoms with Crippen molar-refractivity contribution in [2.24, 2.45) is 0 Å². The molecular weight excluding hydrogens is 258 g/mol. The first-order chi connectivity index (χ1) is 10.2. The summed E-state index contributed by atoms with van der Waals surface area (Å²) in [5, 5.41) is 3.57. The fraction of sp³-hybridized carbons (Fsp3) is 0.368. The van der Waals surface area contributed by atoms with Crippen molar-refractivity contribution in [2.75, 3.05) is 0 Å². The van der Waals surface area contributed by atoms with Crippen LogP contribution >= 0.6 is 0 Å². The molecule has 1 aliphatic rings. The fourth-order valence-electron chi connectivity index (χ4n) is 2.49. The van der Waals surface area contributed by atoms with E-state index in [4.69, 9.17) is 4.74 Å². The highest BCUT2D eigenvalue weighted by atomic mass is 16.5. The van der Waals surface area contributed by atoms with E-state index >= 15 is 0 Å². The smallest absolute Gasteiger partial charge is 0.124 e. The third kappa shape index (κ3) is 4.08. The van der Waals surface area contributed by atoms with E-state index in [1.165, 1.54) is 35.1 Å². The highest BCUT2D eigenvalue weighted by Crippen LogP contribution is 2.24. The molecule has 0 aromatic heterocycles. The van der Waals surface area contributed by atoms with Crippen molar-refractivity contribution >= 4 is 0 Å². The number of hydrogen-bond acceptors (Lipinski definition) is 2. The summed E-state index contributed by atoms with van der Waals surface area (Å²) in [4.78, 5) is 0. The van der Waals surface area contributed by atoms with Gasteiger partial charge in [-0.1, -0.05) is 47.5 Å². The van der Waals surface area contributed by atoms with Crippen molar-refractivity contribution in [1.82, 2.24) is 5.32 Å². The minimum Gasteiger partial charge on any atom is -0.489 e. The van der Waals surface area contributed by atoms with Gasteiger partial charge in [0.05, 0.1) is 0 Å². The molecule has 0 unspecified atom stereocenters. The first-order valence-corrected chi connectivity index (χ1v) is 7.72. The molecule has 0 saturated heterocycles. The van der Waals surface area contributed by atoms with E-state index in [1.54, 1.807) is 0 Å². The zero-order valence-corrected chi connectivity index (χ0v) is 12.9. The topological polar surface area (TPSA) is 21.3 Å². The number of aryl methyl sites for hydroxylation is 2. The van der Waals surface area contributed by atoms with Gasteiger partial charge in [-0.25, -0.2) is 0 Å². The molecule has 0 heterocycles. The molecular formula is C19H23NO. The lowest BCUT2D eigenvalue weighted by atomic mass is 10.1. The molecule has 0 radical (unpaired) electrons. The summed E-state index contributed by atoms with van der Waals surface area (Å²) in [5.41, 5.74) is 5.03. The normalized spacial score (nSPS) is 14.2. The van der Waals surface area contributed by atoms with Gasteiger partial charge in [0.2, 0.25) is 0 Å². The maximum Gasteiger partial charge on any atom is 0.124 e. The first kappa shape index (κ1) is 14.2. The Kier molecular flexibility index (Phi) is 4.26. The molecule has 1 fully saturated rings. The Labute approximate surface area is 127 Å². The summed E-state index contributed by atoms with van der Waals surface area (Å²) >= 11 is 0. The summed E-state index contributed by atoms with van der Waals surface area (Å²) in [6, 6.07) is 15.6. The number of hydrogen-bond donors (Lipinski definition) is 1. The predicted octanol–water partition coefficient (Wildman–Crippen LogP) is 4.13. The number of rotatable bonds is 6. The molecule has 0 bridgehead atoms. The highest BCUT2D eigenvalue weighted by molar-refractivity contribution is 5.37. The van der Waals surface area contributed by atoms with Crippen LogP contribution in [0.5, 0.6) is 5.75 Å². The summed E-state index contributed by atoms with van der Waals surface area (Å²) in [5.74, 6) is 0.996. The molecule has 0 amide bonds. The molecule has 0 atom stereocenters. The molecule has 2 heteroatoms. The maximum atomic E-state index is 6.05. The molecule has 2 nitrogen and oxygen atoms in total. The van der Waals surface area contributed by atoms with E-state index in [0.717, 1.165) is 18.3 Å². The first-order valence-electron chi connectivity index (χ1n) is 7.72. The molecule has 2 aromatic rings. The monoisotopic (exact) mass is 281 g/mol. The van der Waals surface area contributed by atoms with Crippen LogP contribution < -0.4 is 10.1 Å². The van der Waals surface area contributed by atoms with E-state index in [-0.39, 0.29) is 0 Å². The van der Waals surface area contributed by atoms with Crippen LogP contribution in [0.1, 0.15) is 35.1 Å². The summed E-state index contributed by atoms with van der Waals surface area (Å²) in [6.45, 7) is 5.77. The molecule has 110 valence electrons. The molecule has 0 aliphatic heterocycles. The SMILES string of the molecule is Cc1cccc(COc2ccc(C)cc2CNC2CC2)c1. The van der Waals surface area contributed by atoms with Gasteiger partial charge in [0.25, 0.3) is 0 Å². The Hall–Kier alpha value is -1.80. The van der Waals surface area contributed by atoms with Crippen LogP contribution in [0.15, 0.2) is 42.5 Å². The third-order valence-corrected chi connectivity index (χ3v) is 3.85. The lowest BCUT2D eigenvalue weighted by Gasteiger charge is -2.13. The maximum absolute atomic E-state index is 6.05.